The summed E-state index contributed by atoms with van der Waals surface area (Å²) in [5.41, 5.74) is 2.81. The molecule has 2 rings (SSSR count). The van der Waals surface area contributed by atoms with E-state index >= 15 is 0 Å². The predicted molar refractivity (Wildman–Crippen MR) is 81.8 cm³/mol. The van der Waals surface area contributed by atoms with Crippen molar-refractivity contribution in [2.75, 3.05) is 5.01 Å². The van der Waals surface area contributed by atoms with E-state index in [0.717, 1.165) is 5.01 Å². The summed E-state index contributed by atoms with van der Waals surface area (Å²) < 4.78 is 12.6. The molecule has 0 spiro atoms. The molecule has 0 aromatic carbocycles. The molecule has 0 bridgehead atoms. The molecule has 2 aromatic heterocycles. The van der Waals surface area contributed by atoms with E-state index in [1.807, 2.05) is 28.3 Å². The van der Waals surface area contributed by atoms with E-state index in [1.54, 1.807) is 15.2 Å². The molecular weight excluding hydrogens is 447 g/mol. The minimum absolute atomic E-state index is 0.117. The van der Waals surface area contributed by atoms with Crippen molar-refractivity contribution >= 4 is 50.5 Å². The second-order valence-corrected chi connectivity index (χ2v) is 5.23. The number of ether oxygens (including phenoxy) is 1. The Balaban J connectivity index is 2.15. The zero-order valence-corrected chi connectivity index (χ0v) is 13.7. The molecule has 0 saturated heterocycles. The van der Waals surface area contributed by atoms with Gasteiger partial charge in [0.1, 0.15) is 18.6 Å². The van der Waals surface area contributed by atoms with Crippen LogP contribution in [0.3, 0.4) is 0 Å². The number of amides is 2. The van der Waals surface area contributed by atoms with Crippen molar-refractivity contribution in [3.8, 4) is 5.88 Å². The van der Waals surface area contributed by atoms with Gasteiger partial charge in [0.15, 0.2) is 4.67 Å². The van der Waals surface area contributed by atoms with Crippen molar-refractivity contribution < 1.29 is 13.9 Å². The Kier molecular flexibility index (Phi) is 4.85. The third kappa shape index (κ3) is 3.23. The van der Waals surface area contributed by atoms with E-state index in [-0.39, 0.29) is 6.61 Å². The molecule has 20 heavy (non-hydrogen) atoms. The molecule has 0 aliphatic rings. The number of nitrogens with one attached hydrogen (secondary N) is 1. The number of nitrogens with two attached hydrogens (primary N) is 2. The molecule has 0 unspecified atom stereocenters. The second-order valence-electron chi connectivity index (χ2n) is 3.52. The Hall–Kier alpha value is -1.31. The highest BCUT2D eigenvalue weighted by atomic mass is 127. The van der Waals surface area contributed by atoms with E-state index < -0.39 is 6.03 Å². The average Bonchev–Trinajstić information content (AvgIpc) is 3.01. The van der Waals surface area contributed by atoms with E-state index in [9.17, 15) is 4.79 Å². The zero-order valence-electron chi connectivity index (χ0n) is 9.92. The molecule has 2 heterocycles. The first kappa shape index (κ1) is 15.1. The highest BCUT2D eigenvalue weighted by Crippen LogP contribution is 2.30. The lowest BCUT2D eigenvalue weighted by Gasteiger charge is -2.15. The van der Waals surface area contributed by atoms with Crippen molar-refractivity contribution in [3.05, 3.63) is 28.8 Å². The quantitative estimate of drug-likeness (QED) is 0.275. The fraction of sp³-hybridized carbons (Fsp3) is 0.111. The summed E-state index contributed by atoms with van der Waals surface area (Å²) in [5, 5.41) is 4.88. The number of aromatic nitrogens is 2. The number of nitrogens with zero attached hydrogens (tertiary/aromatic N) is 3. The summed E-state index contributed by atoms with van der Waals surface area (Å²) in [6.07, 6.45) is 3.05. The molecule has 2 aromatic rings. The van der Waals surface area contributed by atoms with E-state index in [2.05, 4.69) is 21.0 Å². The fourth-order valence-electron chi connectivity index (χ4n) is 1.37. The van der Waals surface area contributed by atoms with Crippen LogP contribution in [0.1, 0.15) is 5.56 Å². The molecule has 108 valence electrons. The van der Waals surface area contributed by atoms with Gasteiger partial charge in [0.25, 0.3) is 0 Å². The van der Waals surface area contributed by atoms with Gasteiger partial charge in [-0.2, -0.15) is 0 Å². The molecule has 11 heteroatoms. The zero-order chi connectivity index (χ0) is 14.7. The highest BCUT2D eigenvalue weighted by molar-refractivity contribution is 14.1. The molecule has 2 amide bonds. The van der Waals surface area contributed by atoms with Crippen LogP contribution in [0.5, 0.6) is 5.88 Å². The van der Waals surface area contributed by atoms with Crippen molar-refractivity contribution in [1.29, 1.82) is 0 Å². The van der Waals surface area contributed by atoms with Gasteiger partial charge in [-0.15, -0.1) is 5.10 Å². The summed E-state index contributed by atoms with van der Waals surface area (Å²) in [4.78, 5) is 11.4. The highest BCUT2D eigenvalue weighted by Gasteiger charge is 2.20. The van der Waals surface area contributed by atoms with Gasteiger partial charge < -0.3 is 9.15 Å². The summed E-state index contributed by atoms with van der Waals surface area (Å²) in [5.74, 6) is 11.1. The first-order valence-electron chi connectivity index (χ1n) is 5.18. The number of hydrogen-bond acceptors (Lipinski definition) is 6. The molecule has 5 N–H and O–H groups in total. The lowest BCUT2D eigenvalue weighted by atomic mass is 10.3. The summed E-state index contributed by atoms with van der Waals surface area (Å²) >= 11 is 5.21. The average molecular weight is 457 g/mol. The van der Waals surface area contributed by atoms with Crippen molar-refractivity contribution in [3.63, 3.8) is 0 Å². The SMILES string of the molecule is NNC(=O)N(N)c1coc(Br)c1COc1ccn(I)n1. The minimum Gasteiger partial charge on any atom is -0.471 e. The number of rotatable bonds is 4. The number of halogens is 2. The monoisotopic (exact) mass is 456 g/mol. The van der Waals surface area contributed by atoms with Gasteiger partial charge in [-0.25, -0.2) is 24.4 Å². The fourth-order valence-corrected chi connectivity index (χ4v) is 2.16. The van der Waals surface area contributed by atoms with Crippen LogP contribution in [-0.2, 0) is 6.61 Å². The minimum atomic E-state index is -0.684. The van der Waals surface area contributed by atoms with E-state index in [0.29, 0.717) is 21.8 Å². The topological polar surface area (TPSA) is 125 Å². The molecule has 0 radical (unpaired) electrons. The smallest absolute Gasteiger partial charge is 0.350 e. The third-order valence-corrected chi connectivity index (χ3v) is 3.52. The van der Waals surface area contributed by atoms with Crippen LogP contribution in [-0.4, -0.2) is 14.0 Å². The standard InChI is InChI=1S/C9H10BrIN6O3/c10-8-5(3-19-7-1-2-16(11)15-7)6(4-20-8)17(13)9(18)14-12/h1-2,4H,3,12-13H2,(H,14,18). The van der Waals surface area contributed by atoms with Gasteiger partial charge in [0.05, 0.1) is 28.4 Å². The maximum Gasteiger partial charge on any atom is 0.350 e. The van der Waals surface area contributed by atoms with E-state index in [1.165, 1.54) is 6.26 Å². The molecule has 0 saturated carbocycles. The van der Waals surface area contributed by atoms with Crippen molar-refractivity contribution in [1.82, 2.24) is 13.4 Å². The van der Waals surface area contributed by atoms with Crippen LogP contribution in [0.4, 0.5) is 10.5 Å². The van der Waals surface area contributed by atoms with Crippen molar-refractivity contribution in [2.45, 2.75) is 6.61 Å². The number of carbonyl (C=O) groups excluding carboxylic acids is 1. The lowest BCUT2D eigenvalue weighted by Crippen LogP contribution is -2.47. The normalized spacial score (nSPS) is 10.4. The molecule has 9 nitrogen and oxygen atoms in total. The Morgan fingerprint density at radius 2 is 2.45 bits per heavy atom. The largest absolute Gasteiger partial charge is 0.471 e. The Bertz CT molecular complexity index is 615. The van der Waals surface area contributed by atoms with Crippen LogP contribution < -0.4 is 26.9 Å². The number of carbonyl (C=O) groups is 1. The summed E-state index contributed by atoms with van der Waals surface area (Å²) in [7, 11) is 0. The van der Waals surface area contributed by atoms with Crippen LogP contribution in [0.2, 0.25) is 0 Å². The lowest BCUT2D eigenvalue weighted by molar-refractivity contribution is 0.246. The first-order valence-corrected chi connectivity index (χ1v) is 6.94. The Morgan fingerprint density at radius 3 is 3.05 bits per heavy atom. The summed E-state index contributed by atoms with van der Waals surface area (Å²) in [6.45, 7) is 0.117. The first-order chi connectivity index (χ1) is 9.52. The molecular formula is C9H10BrIN6O3. The van der Waals surface area contributed by atoms with Gasteiger partial charge in [0.2, 0.25) is 5.88 Å². The number of anilines is 1. The van der Waals surface area contributed by atoms with Gasteiger partial charge in [-0.3, -0.25) is 5.43 Å². The van der Waals surface area contributed by atoms with E-state index in [4.69, 9.17) is 20.8 Å². The van der Waals surface area contributed by atoms with Crippen LogP contribution in [0.15, 0.2) is 27.6 Å². The number of urea groups is 1. The number of furan rings is 1. The second kappa shape index (κ2) is 6.43. The van der Waals surface area contributed by atoms with Gasteiger partial charge in [0, 0.05) is 12.3 Å². The van der Waals surface area contributed by atoms with Gasteiger partial charge in [-0.05, 0) is 15.9 Å². The molecule has 0 aliphatic heterocycles. The van der Waals surface area contributed by atoms with Crippen LogP contribution in [0, 0.1) is 0 Å². The predicted octanol–water partition coefficient (Wildman–Crippen LogP) is 1.28. The van der Waals surface area contributed by atoms with Gasteiger partial charge >= 0.3 is 6.03 Å². The summed E-state index contributed by atoms with van der Waals surface area (Å²) in [6, 6.07) is 1.02. The number of hydrazine groups is 2. The van der Waals surface area contributed by atoms with Crippen LogP contribution in [0.25, 0.3) is 0 Å². The Morgan fingerprint density at radius 1 is 1.70 bits per heavy atom. The van der Waals surface area contributed by atoms with Gasteiger partial charge in [-0.1, -0.05) is 0 Å². The maximum atomic E-state index is 11.4. The third-order valence-electron chi connectivity index (χ3n) is 2.32. The Labute approximate surface area is 135 Å². The maximum absolute atomic E-state index is 11.4. The number of hydrogen-bond donors (Lipinski definition) is 3. The molecule has 0 aliphatic carbocycles. The van der Waals surface area contributed by atoms with Crippen molar-refractivity contribution in [2.24, 2.45) is 11.7 Å². The molecule has 0 fully saturated rings. The van der Waals surface area contributed by atoms with Crippen LogP contribution >= 0.6 is 38.8 Å². The molecule has 0 atom stereocenters.